The first kappa shape index (κ1) is 14.5. The van der Waals surface area contributed by atoms with Crippen molar-refractivity contribution in [2.24, 2.45) is 4.99 Å². The molecule has 0 unspecified atom stereocenters. The molecule has 0 radical (unpaired) electrons. The number of aliphatic imine (C=N–C) groups is 1. The summed E-state index contributed by atoms with van der Waals surface area (Å²) in [4.78, 5) is 5.31. The van der Waals surface area contributed by atoms with Gasteiger partial charge in [0.1, 0.15) is 11.6 Å². The van der Waals surface area contributed by atoms with Gasteiger partial charge in [0.05, 0.1) is 5.69 Å². The number of nitrogens with zero attached hydrogens (tertiary/aromatic N) is 3. The van der Waals surface area contributed by atoms with Gasteiger partial charge in [-0.15, -0.1) is 11.3 Å². The van der Waals surface area contributed by atoms with Crippen LogP contribution in [0.5, 0.6) is 0 Å². The lowest BCUT2D eigenvalue weighted by Crippen LogP contribution is -1.91. The SMILES string of the molecule is N#Cc1c(N=Cc2cccs2)n[nH]c1Cc1cccc(Cl)c1. The van der Waals surface area contributed by atoms with E-state index in [2.05, 4.69) is 21.3 Å². The molecule has 2 heterocycles. The summed E-state index contributed by atoms with van der Waals surface area (Å²) in [6.45, 7) is 0. The summed E-state index contributed by atoms with van der Waals surface area (Å²) in [7, 11) is 0. The van der Waals surface area contributed by atoms with E-state index in [9.17, 15) is 5.26 Å². The summed E-state index contributed by atoms with van der Waals surface area (Å²) in [5.41, 5.74) is 2.22. The van der Waals surface area contributed by atoms with E-state index in [4.69, 9.17) is 11.6 Å². The molecule has 0 fully saturated rings. The first-order valence-electron chi connectivity index (χ1n) is 6.55. The molecule has 6 heteroatoms. The van der Waals surface area contributed by atoms with Crippen LogP contribution in [0.4, 0.5) is 5.82 Å². The Morgan fingerprint density at radius 1 is 1.36 bits per heavy atom. The maximum Gasteiger partial charge on any atom is 0.191 e. The molecule has 22 heavy (non-hydrogen) atoms. The van der Waals surface area contributed by atoms with E-state index >= 15 is 0 Å². The fraction of sp³-hybridized carbons (Fsp3) is 0.0625. The molecule has 0 saturated carbocycles. The first-order chi connectivity index (χ1) is 10.8. The number of rotatable bonds is 4. The molecule has 2 aromatic heterocycles. The third-order valence-electron chi connectivity index (χ3n) is 3.06. The molecule has 1 aromatic carbocycles. The standard InChI is InChI=1S/C16H11ClN4S/c17-12-4-1-3-11(7-12)8-15-14(9-18)16(21-20-15)19-10-13-5-2-6-22-13/h1-7,10H,8H2,(H,20,21). The normalized spacial score (nSPS) is 10.9. The number of nitriles is 1. The predicted octanol–water partition coefficient (Wildman–Crippen LogP) is 4.34. The highest BCUT2D eigenvalue weighted by Crippen LogP contribution is 2.22. The highest BCUT2D eigenvalue weighted by molar-refractivity contribution is 7.11. The smallest absolute Gasteiger partial charge is 0.191 e. The van der Waals surface area contributed by atoms with Gasteiger partial charge in [-0.3, -0.25) is 5.10 Å². The van der Waals surface area contributed by atoms with E-state index in [0.29, 0.717) is 22.8 Å². The molecule has 4 nitrogen and oxygen atoms in total. The highest BCUT2D eigenvalue weighted by atomic mass is 35.5. The van der Waals surface area contributed by atoms with Crippen molar-refractivity contribution in [2.45, 2.75) is 6.42 Å². The van der Waals surface area contributed by atoms with Gasteiger partial charge in [-0.05, 0) is 29.1 Å². The zero-order chi connectivity index (χ0) is 15.4. The lowest BCUT2D eigenvalue weighted by Gasteiger charge is -2.00. The molecule has 0 aliphatic heterocycles. The quantitative estimate of drug-likeness (QED) is 0.725. The van der Waals surface area contributed by atoms with Crippen molar-refractivity contribution in [2.75, 3.05) is 0 Å². The second kappa shape index (κ2) is 6.56. The van der Waals surface area contributed by atoms with E-state index < -0.39 is 0 Å². The highest BCUT2D eigenvalue weighted by Gasteiger charge is 2.12. The summed E-state index contributed by atoms with van der Waals surface area (Å²) in [5, 5.41) is 19.0. The van der Waals surface area contributed by atoms with Crippen LogP contribution in [0.3, 0.4) is 0 Å². The third kappa shape index (κ3) is 3.25. The second-order valence-corrected chi connectivity index (χ2v) is 6.01. The third-order valence-corrected chi connectivity index (χ3v) is 4.10. The summed E-state index contributed by atoms with van der Waals surface area (Å²) in [5.74, 6) is 0.410. The van der Waals surface area contributed by atoms with Crippen molar-refractivity contribution >= 4 is 35.0 Å². The molecule has 0 aliphatic carbocycles. The number of hydrogen-bond acceptors (Lipinski definition) is 4. The van der Waals surface area contributed by atoms with Gasteiger partial charge in [0.2, 0.25) is 0 Å². The van der Waals surface area contributed by atoms with Crippen LogP contribution in [-0.4, -0.2) is 16.4 Å². The van der Waals surface area contributed by atoms with Crippen LogP contribution < -0.4 is 0 Å². The number of H-pyrrole nitrogens is 1. The van der Waals surface area contributed by atoms with Gasteiger partial charge in [-0.2, -0.15) is 10.4 Å². The van der Waals surface area contributed by atoms with E-state index in [-0.39, 0.29) is 0 Å². The monoisotopic (exact) mass is 326 g/mol. The van der Waals surface area contributed by atoms with Crippen molar-refractivity contribution in [3.8, 4) is 6.07 Å². The van der Waals surface area contributed by atoms with Gasteiger partial charge in [-0.1, -0.05) is 29.8 Å². The average Bonchev–Trinajstić information content (AvgIpc) is 3.14. The van der Waals surface area contributed by atoms with E-state index in [1.54, 1.807) is 17.6 Å². The minimum absolute atomic E-state index is 0.410. The molecule has 108 valence electrons. The molecule has 0 bridgehead atoms. The number of benzene rings is 1. The molecule has 3 rings (SSSR count). The summed E-state index contributed by atoms with van der Waals surface area (Å²) in [6, 6.07) is 13.6. The molecule has 3 aromatic rings. The predicted molar refractivity (Wildman–Crippen MR) is 89.1 cm³/mol. The number of aromatic nitrogens is 2. The molecule has 0 spiro atoms. The lowest BCUT2D eigenvalue weighted by atomic mass is 10.1. The van der Waals surface area contributed by atoms with Crippen LogP contribution in [0.2, 0.25) is 5.02 Å². The van der Waals surface area contributed by atoms with Crippen LogP contribution in [-0.2, 0) is 6.42 Å². The minimum atomic E-state index is 0.410. The Morgan fingerprint density at radius 3 is 3.00 bits per heavy atom. The van der Waals surface area contributed by atoms with Gasteiger partial charge in [-0.25, -0.2) is 4.99 Å². The van der Waals surface area contributed by atoms with Crippen molar-refractivity contribution in [3.05, 3.63) is 68.5 Å². The topological polar surface area (TPSA) is 64.8 Å². The Bertz CT molecular complexity index is 843. The number of hydrogen-bond donors (Lipinski definition) is 1. The lowest BCUT2D eigenvalue weighted by molar-refractivity contribution is 0.993. The van der Waals surface area contributed by atoms with Gasteiger partial charge < -0.3 is 0 Å². The van der Waals surface area contributed by atoms with Gasteiger partial charge in [0, 0.05) is 22.5 Å². The molecule has 0 aliphatic rings. The first-order valence-corrected chi connectivity index (χ1v) is 7.81. The van der Waals surface area contributed by atoms with Crippen LogP contribution in [0.1, 0.15) is 21.7 Å². The molecule has 1 N–H and O–H groups in total. The van der Waals surface area contributed by atoms with Gasteiger partial charge >= 0.3 is 0 Å². The molecule has 0 saturated heterocycles. The molecular formula is C16H11ClN4S. The van der Waals surface area contributed by atoms with Crippen LogP contribution >= 0.6 is 22.9 Å². The Hall–Kier alpha value is -2.42. The van der Waals surface area contributed by atoms with E-state index in [0.717, 1.165) is 16.1 Å². The molecule has 0 atom stereocenters. The molecule has 0 amide bonds. The Kier molecular flexibility index (Phi) is 4.33. The van der Waals surface area contributed by atoms with Crippen molar-refractivity contribution in [1.82, 2.24) is 10.2 Å². The zero-order valence-corrected chi connectivity index (χ0v) is 13.0. The fourth-order valence-electron chi connectivity index (χ4n) is 2.05. The number of halogens is 1. The average molecular weight is 327 g/mol. The van der Waals surface area contributed by atoms with Gasteiger partial charge in [0.15, 0.2) is 5.82 Å². The second-order valence-electron chi connectivity index (χ2n) is 4.59. The van der Waals surface area contributed by atoms with Gasteiger partial charge in [0.25, 0.3) is 0 Å². The van der Waals surface area contributed by atoms with Crippen molar-refractivity contribution < 1.29 is 0 Å². The number of thiophene rings is 1. The Morgan fingerprint density at radius 2 is 2.27 bits per heavy atom. The summed E-state index contributed by atoms with van der Waals surface area (Å²) >= 11 is 7.57. The maximum atomic E-state index is 9.37. The van der Waals surface area contributed by atoms with Crippen molar-refractivity contribution in [3.63, 3.8) is 0 Å². The maximum absolute atomic E-state index is 9.37. The zero-order valence-electron chi connectivity index (χ0n) is 11.5. The Balaban J connectivity index is 1.86. The van der Waals surface area contributed by atoms with Crippen LogP contribution in [0.25, 0.3) is 0 Å². The van der Waals surface area contributed by atoms with Crippen LogP contribution in [0.15, 0.2) is 46.8 Å². The minimum Gasteiger partial charge on any atom is -0.279 e. The number of aromatic amines is 1. The summed E-state index contributed by atoms with van der Waals surface area (Å²) < 4.78 is 0. The Labute approximate surface area is 136 Å². The summed E-state index contributed by atoms with van der Waals surface area (Å²) in [6.07, 6.45) is 2.27. The van der Waals surface area contributed by atoms with E-state index in [1.165, 1.54) is 0 Å². The largest absolute Gasteiger partial charge is 0.279 e. The fourth-order valence-corrected chi connectivity index (χ4v) is 2.84. The number of nitrogens with one attached hydrogen (secondary N) is 1. The van der Waals surface area contributed by atoms with Crippen molar-refractivity contribution in [1.29, 1.82) is 5.26 Å². The molecular weight excluding hydrogens is 316 g/mol. The van der Waals surface area contributed by atoms with Crippen LogP contribution in [0, 0.1) is 11.3 Å². The van der Waals surface area contributed by atoms with E-state index in [1.807, 2.05) is 41.8 Å².